The van der Waals surface area contributed by atoms with Crippen LogP contribution in [0.15, 0.2) is 54.7 Å². The van der Waals surface area contributed by atoms with Gasteiger partial charge in [0.1, 0.15) is 12.2 Å². The van der Waals surface area contributed by atoms with E-state index in [9.17, 15) is 19.7 Å². The van der Waals surface area contributed by atoms with E-state index in [0.29, 0.717) is 11.3 Å². The van der Waals surface area contributed by atoms with Gasteiger partial charge in [-0.25, -0.2) is 4.68 Å². The number of carbonyl (C=O) groups excluding carboxylic acids is 2. The zero-order valence-corrected chi connectivity index (χ0v) is 16.2. The van der Waals surface area contributed by atoms with Crippen molar-refractivity contribution in [3.63, 3.8) is 0 Å². The second-order valence-electron chi connectivity index (χ2n) is 6.07. The number of hydrogen-bond acceptors (Lipinski definition) is 7. The van der Waals surface area contributed by atoms with Crippen LogP contribution in [0.1, 0.15) is 10.4 Å². The van der Waals surface area contributed by atoms with E-state index in [4.69, 9.17) is 4.74 Å². The zero-order chi connectivity index (χ0) is 21.7. The number of para-hydroxylation sites is 1. The molecule has 0 spiro atoms. The third-order valence-electron chi connectivity index (χ3n) is 4.25. The number of nitro benzene ring substituents is 1. The van der Waals surface area contributed by atoms with Crippen molar-refractivity contribution >= 4 is 17.6 Å². The Labute approximate surface area is 171 Å². The Hall–Kier alpha value is -4.21. The van der Waals surface area contributed by atoms with E-state index in [1.54, 1.807) is 18.2 Å². The molecule has 3 aromatic rings. The van der Waals surface area contributed by atoms with Gasteiger partial charge in [0, 0.05) is 17.8 Å². The number of nitrogens with one attached hydrogen (secondary N) is 1. The number of nitrogens with zero attached hydrogens (tertiary/aromatic N) is 3. The topological polar surface area (TPSA) is 126 Å². The maximum Gasteiger partial charge on any atom is 0.325 e. The van der Waals surface area contributed by atoms with Crippen LogP contribution in [0.5, 0.6) is 5.75 Å². The van der Waals surface area contributed by atoms with Gasteiger partial charge in [0.25, 0.3) is 5.91 Å². The Kier molecular flexibility index (Phi) is 6.06. The van der Waals surface area contributed by atoms with Gasteiger partial charge in [-0.3, -0.25) is 19.7 Å². The molecule has 0 unspecified atom stereocenters. The number of esters is 1. The Morgan fingerprint density at radius 2 is 1.90 bits per heavy atom. The quantitative estimate of drug-likeness (QED) is 0.360. The first-order valence-electron chi connectivity index (χ1n) is 8.77. The number of amides is 1. The van der Waals surface area contributed by atoms with E-state index in [2.05, 4.69) is 15.2 Å². The Balaban J connectivity index is 2.09. The number of benzene rings is 2. The maximum absolute atomic E-state index is 12.7. The summed E-state index contributed by atoms with van der Waals surface area (Å²) in [6, 6.07) is 13.3. The first-order valence-corrected chi connectivity index (χ1v) is 8.77. The standard InChI is InChI=1S/C20H18N4O6/c1-29-17-9-8-13(10-16(17)24(27)28)19-15(20(26)21-11-18(25)30-2)12-23(22-19)14-6-4-3-5-7-14/h3-10,12H,11H2,1-2H3,(H,21,26). The van der Waals surface area contributed by atoms with Gasteiger partial charge < -0.3 is 14.8 Å². The second-order valence-corrected chi connectivity index (χ2v) is 6.07. The maximum atomic E-state index is 12.7. The minimum Gasteiger partial charge on any atom is -0.490 e. The van der Waals surface area contributed by atoms with Crippen molar-refractivity contribution in [1.29, 1.82) is 0 Å². The molecule has 0 saturated carbocycles. The van der Waals surface area contributed by atoms with Crippen LogP contribution in [0, 0.1) is 10.1 Å². The average molecular weight is 410 g/mol. The largest absolute Gasteiger partial charge is 0.490 e. The van der Waals surface area contributed by atoms with Gasteiger partial charge in [0.2, 0.25) is 0 Å². The van der Waals surface area contributed by atoms with Crippen molar-refractivity contribution in [2.45, 2.75) is 0 Å². The molecule has 0 atom stereocenters. The lowest BCUT2D eigenvalue weighted by Gasteiger charge is -2.06. The molecule has 30 heavy (non-hydrogen) atoms. The summed E-state index contributed by atoms with van der Waals surface area (Å²) in [4.78, 5) is 34.9. The predicted molar refractivity (Wildman–Crippen MR) is 107 cm³/mol. The van der Waals surface area contributed by atoms with E-state index in [1.165, 1.54) is 37.2 Å². The second kappa shape index (κ2) is 8.86. The highest BCUT2D eigenvalue weighted by Gasteiger charge is 2.23. The fourth-order valence-corrected chi connectivity index (χ4v) is 2.77. The fraction of sp³-hybridized carbons (Fsp3) is 0.150. The van der Waals surface area contributed by atoms with E-state index in [0.717, 1.165) is 0 Å². The number of nitro groups is 1. The van der Waals surface area contributed by atoms with E-state index >= 15 is 0 Å². The molecule has 10 heteroatoms. The normalized spacial score (nSPS) is 10.3. The third kappa shape index (κ3) is 4.27. The number of methoxy groups -OCH3 is 2. The SMILES string of the molecule is COC(=O)CNC(=O)c1cn(-c2ccccc2)nc1-c1ccc(OC)c([N+](=O)[O-])c1. The fourth-order valence-electron chi connectivity index (χ4n) is 2.77. The van der Waals surface area contributed by atoms with Gasteiger partial charge in [-0.15, -0.1) is 0 Å². The molecule has 0 saturated heterocycles. The summed E-state index contributed by atoms with van der Waals surface area (Å²) in [5.74, 6) is -1.10. The molecule has 0 aliphatic carbocycles. The van der Waals surface area contributed by atoms with Crippen LogP contribution in [0.2, 0.25) is 0 Å². The van der Waals surface area contributed by atoms with Crippen LogP contribution in [-0.4, -0.2) is 47.3 Å². The number of aromatic nitrogens is 2. The van der Waals surface area contributed by atoms with Crippen molar-refractivity contribution in [2.75, 3.05) is 20.8 Å². The zero-order valence-electron chi connectivity index (χ0n) is 16.2. The lowest BCUT2D eigenvalue weighted by atomic mass is 10.1. The van der Waals surface area contributed by atoms with Crippen LogP contribution in [0.4, 0.5) is 5.69 Å². The van der Waals surface area contributed by atoms with Crippen LogP contribution >= 0.6 is 0 Å². The van der Waals surface area contributed by atoms with Gasteiger partial charge in [-0.1, -0.05) is 18.2 Å². The predicted octanol–water partition coefficient (Wildman–Crippen LogP) is 2.36. The molecule has 1 N–H and O–H groups in total. The molecular weight excluding hydrogens is 392 g/mol. The highest BCUT2D eigenvalue weighted by atomic mass is 16.6. The number of ether oxygens (including phenoxy) is 2. The van der Waals surface area contributed by atoms with Gasteiger partial charge >= 0.3 is 11.7 Å². The molecule has 0 fully saturated rings. The molecule has 1 heterocycles. The summed E-state index contributed by atoms with van der Waals surface area (Å²) >= 11 is 0. The first kappa shape index (κ1) is 20.5. The van der Waals surface area contributed by atoms with Gasteiger partial charge in [-0.2, -0.15) is 5.10 Å². The van der Waals surface area contributed by atoms with Gasteiger partial charge in [0.05, 0.1) is 30.4 Å². The molecule has 0 aliphatic heterocycles. The number of hydrogen-bond donors (Lipinski definition) is 1. The number of carbonyl (C=O) groups is 2. The molecule has 154 valence electrons. The van der Waals surface area contributed by atoms with Crippen LogP contribution < -0.4 is 10.1 Å². The van der Waals surface area contributed by atoms with Crippen molar-refractivity contribution in [2.24, 2.45) is 0 Å². The average Bonchev–Trinajstić information content (AvgIpc) is 3.23. The van der Waals surface area contributed by atoms with Crippen molar-refractivity contribution < 1.29 is 24.0 Å². The monoisotopic (exact) mass is 410 g/mol. The highest BCUT2D eigenvalue weighted by Crippen LogP contribution is 2.33. The molecule has 3 rings (SSSR count). The summed E-state index contributed by atoms with van der Waals surface area (Å²) < 4.78 is 11.0. The lowest BCUT2D eigenvalue weighted by molar-refractivity contribution is -0.385. The highest BCUT2D eigenvalue weighted by molar-refractivity contribution is 6.01. The minimum atomic E-state index is -0.611. The van der Waals surface area contributed by atoms with E-state index in [-0.39, 0.29) is 29.2 Å². The summed E-state index contributed by atoms with van der Waals surface area (Å²) in [6.45, 7) is -0.325. The first-order chi connectivity index (χ1) is 14.4. The third-order valence-corrected chi connectivity index (χ3v) is 4.25. The molecule has 1 aromatic heterocycles. The Bertz CT molecular complexity index is 1090. The van der Waals surface area contributed by atoms with E-state index < -0.39 is 16.8 Å². The molecule has 0 aliphatic rings. The smallest absolute Gasteiger partial charge is 0.325 e. The van der Waals surface area contributed by atoms with Crippen LogP contribution in [-0.2, 0) is 9.53 Å². The van der Waals surface area contributed by atoms with Crippen LogP contribution in [0.3, 0.4) is 0 Å². The summed E-state index contributed by atoms with van der Waals surface area (Å²) in [5.41, 5.74) is 1.13. The lowest BCUT2D eigenvalue weighted by Crippen LogP contribution is -2.30. The molecule has 1 amide bonds. The molecule has 10 nitrogen and oxygen atoms in total. The molecule has 2 aromatic carbocycles. The van der Waals surface area contributed by atoms with Gasteiger partial charge in [-0.05, 0) is 24.3 Å². The summed E-state index contributed by atoms with van der Waals surface area (Å²) in [7, 11) is 2.54. The van der Waals surface area contributed by atoms with E-state index in [1.807, 2.05) is 18.2 Å². The number of rotatable bonds is 7. The van der Waals surface area contributed by atoms with Crippen molar-refractivity contribution in [3.8, 4) is 22.7 Å². The van der Waals surface area contributed by atoms with Crippen LogP contribution in [0.25, 0.3) is 16.9 Å². The van der Waals surface area contributed by atoms with Crippen molar-refractivity contribution in [1.82, 2.24) is 15.1 Å². The van der Waals surface area contributed by atoms with Crippen molar-refractivity contribution in [3.05, 3.63) is 70.4 Å². The molecule has 0 radical (unpaired) electrons. The van der Waals surface area contributed by atoms with Gasteiger partial charge in [0.15, 0.2) is 5.75 Å². The molecule has 0 bridgehead atoms. The summed E-state index contributed by atoms with van der Waals surface area (Å²) in [6.07, 6.45) is 1.49. The molecular formula is C20H18N4O6. The Morgan fingerprint density at radius 1 is 1.17 bits per heavy atom. The minimum absolute atomic E-state index is 0.0861. The Morgan fingerprint density at radius 3 is 2.53 bits per heavy atom. The summed E-state index contributed by atoms with van der Waals surface area (Å²) in [5, 5.41) is 18.3.